The molecule has 0 saturated carbocycles. The minimum absolute atomic E-state index is 0.602. The predicted molar refractivity (Wildman–Crippen MR) is 89.0 cm³/mol. The molecule has 0 fully saturated rings. The highest BCUT2D eigenvalue weighted by Gasteiger charge is 2.13. The van der Waals surface area contributed by atoms with E-state index in [1.165, 1.54) is 0 Å². The summed E-state index contributed by atoms with van der Waals surface area (Å²) in [5.74, 6) is 3.32. The summed E-state index contributed by atoms with van der Waals surface area (Å²) in [5.41, 5.74) is 3.14. The van der Waals surface area contributed by atoms with Crippen LogP contribution in [0, 0.1) is 6.92 Å². The Balaban J connectivity index is 1.41. The van der Waals surface area contributed by atoms with Gasteiger partial charge in [0.1, 0.15) is 24.7 Å². The monoisotopic (exact) mass is 325 g/mol. The zero-order valence-electron chi connectivity index (χ0n) is 13.5. The van der Waals surface area contributed by atoms with E-state index in [0.717, 1.165) is 46.4 Å². The van der Waals surface area contributed by atoms with Crippen molar-refractivity contribution < 1.29 is 13.9 Å². The van der Waals surface area contributed by atoms with Crippen molar-refractivity contribution in [2.75, 3.05) is 13.2 Å². The Morgan fingerprint density at radius 2 is 1.96 bits per heavy atom. The van der Waals surface area contributed by atoms with Gasteiger partial charge in [0.15, 0.2) is 17.3 Å². The summed E-state index contributed by atoms with van der Waals surface area (Å²) in [6.45, 7) is 4.57. The van der Waals surface area contributed by atoms with Crippen LogP contribution in [0.3, 0.4) is 0 Å². The van der Waals surface area contributed by atoms with Gasteiger partial charge in [-0.1, -0.05) is 6.07 Å². The van der Waals surface area contributed by atoms with Crippen LogP contribution in [0.2, 0.25) is 0 Å². The summed E-state index contributed by atoms with van der Waals surface area (Å²) in [4.78, 5) is 0. The molecule has 0 bridgehead atoms. The number of nitrogens with one attached hydrogen (secondary N) is 2. The summed E-state index contributed by atoms with van der Waals surface area (Å²) in [6.07, 6.45) is 1.82. The number of benzene rings is 1. The number of hydrogen-bond donors (Lipinski definition) is 2. The molecule has 0 saturated heterocycles. The van der Waals surface area contributed by atoms with Crippen LogP contribution >= 0.6 is 0 Å². The van der Waals surface area contributed by atoms with Crippen LogP contribution in [0.4, 0.5) is 0 Å². The van der Waals surface area contributed by atoms with E-state index in [4.69, 9.17) is 13.9 Å². The van der Waals surface area contributed by atoms with Gasteiger partial charge in [-0.3, -0.25) is 5.10 Å². The first-order chi connectivity index (χ1) is 11.8. The number of nitrogens with zero attached hydrogens (tertiary/aromatic N) is 1. The van der Waals surface area contributed by atoms with Crippen LogP contribution < -0.4 is 14.8 Å². The minimum Gasteiger partial charge on any atom is -0.486 e. The van der Waals surface area contributed by atoms with E-state index < -0.39 is 0 Å². The second-order valence-corrected chi connectivity index (χ2v) is 5.76. The molecule has 24 heavy (non-hydrogen) atoms. The van der Waals surface area contributed by atoms with Crippen molar-refractivity contribution in [1.82, 2.24) is 15.5 Å². The molecule has 2 N–H and O–H groups in total. The van der Waals surface area contributed by atoms with Crippen molar-refractivity contribution in [3.05, 3.63) is 53.4 Å². The number of rotatable bonds is 5. The second-order valence-electron chi connectivity index (χ2n) is 5.76. The maximum absolute atomic E-state index is 5.67. The van der Waals surface area contributed by atoms with Gasteiger partial charge in [-0.05, 0) is 36.8 Å². The van der Waals surface area contributed by atoms with Gasteiger partial charge in [-0.15, -0.1) is 0 Å². The summed E-state index contributed by atoms with van der Waals surface area (Å²) < 4.78 is 16.8. The zero-order valence-corrected chi connectivity index (χ0v) is 13.5. The van der Waals surface area contributed by atoms with E-state index >= 15 is 0 Å². The lowest BCUT2D eigenvalue weighted by Gasteiger charge is -2.19. The van der Waals surface area contributed by atoms with Crippen molar-refractivity contribution in [1.29, 1.82) is 0 Å². The van der Waals surface area contributed by atoms with Crippen LogP contribution in [-0.2, 0) is 13.1 Å². The highest BCUT2D eigenvalue weighted by Crippen LogP contribution is 2.30. The molecule has 0 unspecified atom stereocenters. The Kier molecular flexibility index (Phi) is 3.96. The number of furan rings is 1. The number of hydrogen-bond acceptors (Lipinski definition) is 5. The first-order valence-electron chi connectivity index (χ1n) is 7.98. The quantitative estimate of drug-likeness (QED) is 0.754. The maximum Gasteiger partial charge on any atom is 0.161 e. The van der Waals surface area contributed by atoms with Crippen molar-refractivity contribution in [3.63, 3.8) is 0 Å². The lowest BCUT2D eigenvalue weighted by Crippen LogP contribution is -2.16. The Labute approximate surface area is 139 Å². The van der Waals surface area contributed by atoms with E-state index in [1.807, 2.05) is 43.5 Å². The SMILES string of the molecule is Cc1ccc(-c2[nH]ncc2CNCc2ccc3c(c2)OCCO3)o1. The number of aromatic amines is 1. The number of H-pyrrole nitrogens is 1. The third kappa shape index (κ3) is 3.00. The number of aromatic nitrogens is 2. The summed E-state index contributed by atoms with van der Waals surface area (Å²) in [5, 5.41) is 10.6. The average Bonchev–Trinajstić information content (AvgIpc) is 3.23. The predicted octanol–water partition coefficient (Wildman–Crippen LogP) is 3.04. The molecule has 3 aromatic rings. The van der Waals surface area contributed by atoms with Crippen molar-refractivity contribution >= 4 is 0 Å². The number of aryl methyl sites for hydroxylation is 1. The summed E-state index contributed by atoms with van der Waals surface area (Å²) in [7, 11) is 0. The van der Waals surface area contributed by atoms with E-state index in [9.17, 15) is 0 Å². The average molecular weight is 325 g/mol. The molecule has 1 aliphatic heterocycles. The zero-order chi connectivity index (χ0) is 16.4. The van der Waals surface area contributed by atoms with Crippen molar-refractivity contribution in [3.8, 4) is 23.0 Å². The van der Waals surface area contributed by atoms with Gasteiger partial charge in [0.25, 0.3) is 0 Å². The largest absolute Gasteiger partial charge is 0.486 e. The summed E-state index contributed by atoms with van der Waals surface area (Å²) >= 11 is 0. The Hall–Kier alpha value is -2.73. The molecule has 0 atom stereocenters. The van der Waals surface area contributed by atoms with Crippen LogP contribution in [0.1, 0.15) is 16.9 Å². The second kappa shape index (κ2) is 6.41. The van der Waals surface area contributed by atoms with Crippen LogP contribution in [0.15, 0.2) is 40.9 Å². The topological polar surface area (TPSA) is 72.3 Å². The van der Waals surface area contributed by atoms with Gasteiger partial charge in [-0.25, -0.2) is 0 Å². The van der Waals surface area contributed by atoms with Gasteiger partial charge in [0.2, 0.25) is 0 Å². The smallest absolute Gasteiger partial charge is 0.161 e. The third-order valence-electron chi connectivity index (χ3n) is 3.96. The standard InChI is InChI=1S/C18H19N3O3/c1-12-2-4-16(24-12)18-14(11-20-21-18)10-19-9-13-3-5-15-17(8-13)23-7-6-22-15/h2-5,8,11,19H,6-7,9-10H2,1H3,(H,20,21). The third-order valence-corrected chi connectivity index (χ3v) is 3.96. The highest BCUT2D eigenvalue weighted by atomic mass is 16.6. The Morgan fingerprint density at radius 3 is 2.79 bits per heavy atom. The van der Waals surface area contributed by atoms with Crippen molar-refractivity contribution in [2.45, 2.75) is 20.0 Å². The Morgan fingerprint density at radius 1 is 1.08 bits per heavy atom. The number of fused-ring (bicyclic) bond motifs is 1. The molecule has 0 spiro atoms. The lowest BCUT2D eigenvalue weighted by atomic mass is 10.1. The highest BCUT2D eigenvalue weighted by molar-refractivity contribution is 5.56. The molecule has 1 aliphatic rings. The van der Waals surface area contributed by atoms with Crippen LogP contribution in [0.5, 0.6) is 11.5 Å². The van der Waals surface area contributed by atoms with E-state index in [-0.39, 0.29) is 0 Å². The molecular weight excluding hydrogens is 306 g/mol. The van der Waals surface area contributed by atoms with Gasteiger partial charge in [0.05, 0.1) is 6.20 Å². The first-order valence-corrected chi connectivity index (χ1v) is 7.98. The first kappa shape index (κ1) is 14.8. The van der Waals surface area contributed by atoms with Gasteiger partial charge in [-0.2, -0.15) is 5.10 Å². The molecule has 0 amide bonds. The van der Waals surface area contributed by atoms with E-state index in [1.54, 1.807) is 0 Å². The lowest BCUT2D eigenvalue weighted by molar-refractivity contribution is 0.171. The van der Waals surface area contributed by atoms with E-state index in [0.29, 0.717) is 19.8 Å². The molecule has 0 radical (unpaired) electrons. The van der Waals surface area contributed by atoms with Crippen LogP contribution in [0.25, 0.3) is 11.5 Å². The molecule has 124 valence electrons. The molecule has 4 rings (SSSR count). The maximum atomic E-state index is 5.67. The van der Waals surface area contributed by atoms with E-state index in [2.05, 4.69) is 15.5 Å². The fourth-order valence-electron chi connectivity index (χ4n) is 2.77. The fraction of sp³-hybridized carbons (Fsp3) is 0.278. The van der Waals surface area contributed by atoms with Crippen LogP contribution in [-0.4, -0.2) is 23.4 Å². The molecule has 3 heterocycles. The molecule has 1 aromatic carbocycles. The minimum atomic E-state index is 0.602. The fourth-order valence-corrected chi connectivity index (χ4v) is 2.77. The normalized spacial score (nSPS) is 13.2. The van der Waals surface area contributed by atoms with Crippen molar-refractivity contribution in [2.24, 2.45) is 0 Å². The summed E-state index contributed by atoms with van der Waals surface area (Å²) in [6, 6.07) is 9.93. The number of ether oxygens (including phenoxy) is 2. The molecule has 6 heteroatoms. The molecule has 0 aliphatic carbocycles. The Bertz CT molecular complexity index is 838. The molecular formula is C18H19N3O3. The van der Waals surface area contributed by atoms with Gasteiger partial charge >= 0.3 is 0 Å². The molecule has 6 nitrogen and oxygen atoms in total. The van der Waals surface area contributed by atoms with Gasteiger partial charge < -0.3 is 19.2 Å². The molecule has 2 aromatic heterocycles. The van der Waals surface area contributed by atoms with Gasteiger partial charge in [0, 0.05) is 18.7 Å².